The number of ether oxygens (including phenoxy) is 3. The molecule has 170 valence electrons. The average Bonchev–Trinajstić information content (AvgIpc) is 2.80. The minimum Gasteiger partial charge on any atom is -0.507 e. The molecule has 0 amide bonds. The summed E-state index contributed by atoms with van der Waals surface area (Å²) < 4.78 is 29.4. The van der Waals surface area contributed by atoms with Gasteiger partial charge < -0.3 is 29.5 Å². The third-order valence-electron chi connectivity index (χ3n) is 6.63. The number of methoxy groups -OCH3 is 3. The Bertz CT molecular complexity index is 1130. The van der Waals surface area contributed by atoms with Gasteiger partial charge in [0.05, 0.1) is 23.8 Å². The van der Waals surface area contributed by atoms with E-state index in [1.165, 1.54) is 39.5 Å². The molecule has 0 unspecified atom stereocenters. The number of halogens is 1. The number of hydrogen-bond donors (Lipinski definition) is 3. The fourth-order valence-corrected chi connectivity index (χ4v) is 4.85. The number of ketones is 2. The van der Waals surface area contributed by atoms with Crippen molar-refractivity contribution in [1.82, 2.24) is 0 Å². The monoisotopic (exact) mass is 446 g/mol. The van der Waals surface area contributed by atoms with Gasteiger partial charge in [0, 0.05) is 37.3 Å². The predicted molar refractivity (Wildman–Crippen MR) is 109 cm³/mol. The normalized spacial score (nSPS) is 19.9. The molecule has 0 bridgehead atoms. The van der Waals surface area contributed by atoms with Gasteiger partial charge in [-0.2, -0.15) is 0 Å². The summed E-state index contributed by atoms with van der Waals surface area (Å²) in [4.78, 5) is 26.5. The Morgan fingerprint density at radius 1 is 1.00 bits per heavy atom. The lowest BCUT2D eigenvalue weighted by molar-refractivity contribution is -0.310. The van der Waals surface area contributed by atoms with E-state index in [1.807, 2.05) is 0 Å². The van der Waals surface area contributed by atoms with Crippen molar-refractivity contribution in [2.45, 2.75) is 30.7 Å². The van der Waals surface area contributed by atoms with Crippen LogP contribution in [-0.4, -0.2) is 66.3 Å². The number of alkyl halides is 1. The molecule has 3 N–H and O–H groups in total. The van der Waals surface area contributed by atoms with Crippen LogP contribution in [0.4, 0.5) is 4.39 Å². The second kappa shape index (κ2) is 7.54. The molecule has 0 aliphatic heterocycles. The van der Waals surface area contributed by atoms with Gasteiger partial charge in [0.15, 0.2) is 5.78 Å². The lowest BCUT2D eigenvalue weighted by Gasteiger charge is -2.46. The highest BCUT2D eigenvalue weighted by Crippen LogP contribution is 2.50. The molecule has 2 aliphatic rings. The van der Waals surface area contributed by atoms with Crippen LogP contribution in [0.2, 0.25) is 0 Å². The fraction of sp³-hybridized carbons (Fsp3) is 0.391. The Morgan fingerprint density at radius 3 is 2.22 bits per heavy atom. The summed E-state index contributed by atoms with van der Waals surface area (Å²) in [7, 11) is 3.73. The molecule has 8 nitrogen and oxygen atoms in total. The number of fused-ring (bicyclic) bond motifs is 3. The van der Waals surface area contributed by atoms with Crippen LogP contribution in [0.5, 0.6) is 17.2 Å². The first-order valence-corrected chi connectivity index (χ1v) is 9.95. The van der Waals surface area contributed by atoms with Gasteiger partial charge in [-0.15, -0.1) is 0 Å². The molecule has 0 fully saturated rings. The first-order valence-electron chi connectivity index (χ1n) is 9.95. The minimum atomic E-state index is -2.01. The van der Waals surface area contributed by atoms with E-state index in [0.717, 1.165) is 0 Å². The molecule has 0 aromatic heterocycles. The van der Waals surface area contributed by atoms with Crippen LogP contribution in [0.1, 0.15) is 49.4 Å². The predicted octanol–water partition coefficient (Wildman–Crippen LogP) is 2.06. The smallest absolute Gasteiger partial charge is 0.226 e. The molecule has 0 saturated heterocycles. The molecular formula is C23H23FO8. The van der Waals surface area contributed by atoms with Crippen molar-refractivity contribution in [3.05, 3.63) is 51.6 Å². The van der Waals surface area contributed by atoms with Crippen LogP contribution >= 0.6 is 0 Å². The zero-order chi connectivity index (χ0) is 23.4. The zero-order valence-corrected chi connectivity index (χ0v) is 17.8. The lowest BCUT2D eigenvalue weighted by atomic mass is 9.71. The first kappa shape index (κ1) is 22.2. The van der Waals surface area contributed by atoms with Crippen LogP contribution in [0.15, 0.2) is 18.2 Å². The Morgan fingerprint density at radius 2 is 1.62 bits per heavy atom. The minimum absolute atomic E-state index is 0.00433. The van der Waals surface area contributed by atoms with E-state index in [1.54, 1.807) is 0 Å². The van der Waals surface area contributed by atoms with E-state index in [0.29, 0.717) is 0 Å². The van der Waals surface area contributed by atoms with Crippen molar-refractivity contribution in [2.24, 2.45) is 0 Å². The summed E-state index contributed by atoms with van der Waals surface area (Å²) in [5.41, 5.74) is -2.32. The fourth-order valence-electron chi connectivity index (χ4n) is 4.85. The topological polar surface area (TPSA) is 123 Å². The molecule has 0 spiro atoms. The average molecular weight is 446 g/mol. The van der Waals surface area contributed by atoms with E-state index in [9.17, 15) is 29.3 Å². The summed E-state index contributed by atoms with van der Waals surface area (Å²) in [6, 6.07) is 4.49. The number of aromatic hydroxyl groups is 2. The molecule has 0 radical (unpaired) electrons. The molecular weight excluding hydrogens is 423 g/mol. The molecule has 0 saturated carbocycles. The third-order valence-corrected chi connectivity index (χ3v) is 6.63. The standard InChI is InChI=1S/C23H23FO8/c1-30-14-6-4-5-12-15(14)21(28)17-16(19(12)26)20(27)13-9-22(29,8-7-11(13)18(17)25)23(10-24,31-2)32-3/h4-6,25,27,29H,7-10H2,1-3H3/t22-/m1/s1. The van der Waals surface area contributed by atoms with Crippen LogP contribution in [0.3, 0.4) is 0 Å². The highest BCUT2D eigenvalue weighted by molar-refractivity contribution is 6.31. The molecule has 4 rings (SSSR count). The molecule has 2 aromatic rings. The Labute approximate surface area is 183 Å². The maximum Gasteiger partial charge on any atom is 0.226 e. The number of phenols is 2. The quantitative estimate of drug-likeness (QED) is 0.402. The summed E-state index contributed by atoms with van der Waals surface area (Å²) in [6.07, 6.45) is -0.473. The number of phenolic OH excluding ortho intramolecular Hbond substituents is 2. The number of benzene rings is 2. The molecule has 2 aromatic carbocycles. The molecule has 2 aliphatic carbocycles. The SMILES string of the molecule is COc1cccc2c1C(=O)c1c(O)c3c(c(O)c1C2=O)C[C@@](O)(C(CF)(OC)OC)CC3. The van der Waals surface area contributed by atoms with Crippen molar-refractivity contribution in [3.63, 3.8) is 0 Å². The van der Waals surface area contributed by atoms with E-state index >= 15 is 0 Å². The Balaban J connectivity index is 1.93. The van der Waals surface area contributed by atoms with Crippen molar-refractivity contribution < 1.29 is 43.5 Å². The van der Waals surface area contributed by atoms with Gasteiger partial charge in [-0.05, 0) is 18.9 Å². The molecule has 1 atom stereocenters. The third kappa shape index (κ3) is 2.71. The van der Waals surface area contributed by atoms with Crippen molar-refractivity contribution >= 4 is 11.6 Å². The summed E-state index contributed by atoms with van der Waals surface area (Å²) >= 11 is 0. The van der Waals surface area contributed by atoms with Gasteiger partial charge in [-0.1, -0.05) is 12.1 Å². The van der Waals surface area contributed by atoms with Crippen molar-refractivity contribution in [3.8, 4) is 17.2 Å². The van der Waals surface area contributed by atoms with Gasteiger partial charge in [0.25, 0.3) is 0 Å². The lowest BCUT2D eigenvalue weighted by Crippen LogP contribution is -2.61. The van der Waals surface area contributed by atoms with Crippen LogP contribution in [-0.2, 0) is 22.3 Å². The van der Waals surface area contributed by atoms with Crippen LogP contribution in [0.25, 0.3) is 0 Å². The highest BCUT2D eigenvalue weighted by atomic mass is 19.1. The van der Waals surface area contributed by atoms with Gasteiger partial charge in [-0.25, -0.2) is 4.39 Å². The summed E-state index contributed by atoms with van der Waals surface area (Å²) in [5, 5.41) is 33.3. The number of rotatable bonds is 5. The van der Waals surface area contributed by atoms with Crippen LogP contribution < -0.4 is 4.74 Å². The highest BCUT2D eigenvalue weighted by Gasteiger charge is 2.55. The second-order valence-electron chi connectivity index (χ2n) is 7.95. The van der Waals surface area contributed by atoms with Crippen molar-refractivity contribution in [1.29, 1.82) is 0 Å². The van der Waals surface area contributed by atoms with E-state index in [2.05, 4.69) is 0 Å². The van der Waals surface area contributed by atoms with E-state index in [-0.39, 0.29) is 58.4 Å². The number of aliphatic hydroxyl groups is 1. The first-order chi connectivity index (χ1) is 15.2. The molecule has 32 heavy (non-hydrogen) atoms. The van der Waals surface area contributed by atoms with Crippen molar-refractivity contribution in [2.75, 3.05) is 28.0 Å². The van der Waals surface area contributed by atoms with Gasteiger partial charge in [0.2, 0.25) is 11.6 Å². The maximum absolute atomic E-state index is 13.9. The van der Waals surface area contributed by atoms with Gasteiger partial charge in [-0.3, -0.25) is 9.59 Å². The number of hydrogen-bond acceptors (Lipinski definition) is 8. The number of carbonyl (C=O) groups is 2. The Hall–Kier alpha value is -3.01. The second-order valence-corrected chi connectivity index (χ2v) is 7.95. The summed E-state index contributed by atoms with van der Waals surface area (Å²) in [6.45, 7) is -1.17. The van der Waals surface area contributed by atoms with E-state index in [4.69, 9.17) is 14.2 Å². The molecule has 0 heterocycles. The number of carbonyl (C=O) groups excluding carboxylic acids is 2. The van der Waals surface area contributed by atoms with E-state index < -0.39 is 41.1 Å². The summed E-state index contributed by atoms with van der Waals surface area (Å²) in [5.74, 6) is -4.17. The van der Waals surface area contributed by atoms with Gasteiger partial charge in [0.1, 0.15) is 29.5 Å². The largest absolute Gasteiger partial charge is 0.507 e. The maximum atomic E-state index is 13.9. The van der Waals surface area contributed by atoms with Gasteiger partial charge >= 0.3 is 0 Å². The van der Waals surface area contributed by atoms with Crippen LogP contribution in [0, 0.1) is 0 Å². The zero-order valence-electron chi connectivity index (χ0n) is 17.8. The molecule has 9 heteroatoms. The Kier molecular flexibility index (Phi) is 5.23.